The summed E-state index contributed by atoms with van der Waals surface area (Å²) in [6.07, 6.45) is 0. The Hall–Kier alpha value is -3.80. The van der Waals surface area contributed by atoms with Gasteiger partial charge in [0.1, 0.15) is 11.5 Å². The Labute approximate surface area is 150 Å². The Morgan fingerprint density at radius 3 is 1.81 bits per heavy atom. The van der Waals surface area contributed by atoms with Gasteiger partial charge in [-0.1, -0.05) is 12.1 Å². The number of rotatable bonds is 4. The van der Waals surface area contributed by atoms with Crippen LogP contribution in [-0.2, 0) is 0 Å². The smallest absolute Gasteiger partial charge is 0.343 e. The molecule has 0 aliphatic rings. The molecule has 6 nitrogen and oxygen atoms in total. The van der Waals surface area contributed by atoms with E-state index in [1.165, 1.54) is 12.1 Å². The predicted molar refractivity (Wildman–Crippen MR) is 98.1 cm³/mol. The highest BCUT2D eigenvalue weighted by atomic mass is 16.5. The summed E-state index contributed by atoms with van der Waals surface area (Å²) in [5.74, 6) is -0.589. The topological polar surface area (TPSA) is 105 Å². The van der Waals surface area contributed by atoms with E-state index in [0.29, 0.717) is 22.5 Å². The van der Waals surface area contributed by atoms with Crippen molar-refractivity contribution in [2.75, 3.05) is 11.5 Å². The van der Waals surface area contributed by atoms with Gasteiger partial charge in [-0.05, 0) is 54.6 Å². The number of esters is 2. The summed E-state index contributed by atoms with van der Waals surface area (Å²) in [7, 11) is 0. The molecule has 0 amide bonds. The largest absolute Gasteiger partial charge is 0.423 e. The molecule has 0 unspecified atom stereocenters. The second-order valence-electron chi connectivity index (χ2n) is 5.50. The van der Waals surface area contributed by atoms with Gasteiger partial charge in [0.2, 0.25) is 0 Å². The van der Waals surface area contributed by atoms with Gasteiger partial charge in [0, 0.05) is 17.4 Å². The van der Waals surface area contributed by atoms with Crippen LogP contribution in [0, 0.1) is 0 Å². The second kappa shape index (κ2) is 7.40. The van der Waals surface area contributed by atoms with E-state index in [-0.39, 0.29) is 11.5 Å². The van der Waals surface area contributed by atoms with E-state index in [1.54, 1.807) is 60.7 Å². The fraction of sp³-hybridized carbons (Fsp3) is 0. The average molecular weight is 348 g/mol. The minimum absolute atomic E-state index is 0.250. The van der Waals surface area contributed by atoms with Crippen molar-refractivity contribution in [2.45, 2.75) is 0 Å². The Morgan fingerprint density at radius 1 is 0.615 bits per heavy atom. The minimum Gasteiger partial charge on any atom is -0.423 e. The SMILES string of the molecule is Nc1ccc(C(=O)Oc2cccc(OC(=O)c3cccc(N)c3)c2)cc1. The Morgan fingerprint density at radius 2 is 1.19 bits per heavy atom. The lowest BCUT2D eigenvalue weighted by Crippen LogP contribution is -2.10. The first-order valence-corrected chi connectivity index (χ1v) is 7.77. The summed E-state index contributed by atoms with van der Waals surface area (Å²) in [6, 6.07) is 19.1. The summed E-state index contributed by atoms with van der Waals surface area (Å²) >= 11 is 0. The van der Waals surface area contributed by atoms with Gasteiger partial charge in [0.25, 0.3) is 0 Å². The van der Waals surface area contributed by atoms with Crippen LogP contribution in [0.4, 0.5) is 11.4 Å². The number of nitrogen functional groups attached to an aromatic ring is 2. The lowest BCUT2D eigenvalue weighted by atomic mass is 10.2. The highest BCUT2D eigenvalue weighted by molar-refractivity contribution is 5.92. The van der Waals surface area contributed by atoms with Crippen molar-refractivity contribution >= 4 is 23.3 Å². The summed E-state index contributed by atoms with van der Waals surface area (Å²) in [5, 5.41) is 0. The van der Waals surface area contributed by atoms with Crippen LogP contribution in [0.15, 0.2) is 72.8 Å². The van der Waals surface area contributed by atoms with Crippen molar-refractivity contribution in [2.24, 2.45) is 0 Å². The Bertz CT molecular complexity index is 952. The van der Waals surface area contributed by atoms with Gasteiger partial charge in [-0.25, -0.2) is 9.59 Å². The summed E-state index contributed by atoms with van der Waals surface area (Å²) < 4.78 is 10.6. The van der Waals surface area contributed by atoms with Crippen molar-refractivity contribution in [3.05, 3.63) is 83.9 Å². The van der Waals surface area contributed by atoms with E-state index in [2.05, 4.69) is 0 Å². The molecule has 3 aromatic rings. The number of benzene rings is 3. The van der Waals surface area contributed by atoms with Crippen LogP contribution in [0.5, 0.6) is 11.5 Å². The van der Waals surface area contributed by atoms with E-state index >= 15 is 0 Å². The van der Waals surface area contributed by atoms with Crippen LogP contribution >= 0.6 is 0 Å². The van der Waals surface area contributed by atoms with Crippen molar-refractivity contribution < 1.29 is 19.1 Å². The molecule has 0 aromatic heterocycles. The molecule has 4 N–H and O–H groups in total. The maximum Gasteiger partial charge on any atom is 0.343 e. The molecule has 0 bridgehead atoms. The number of carbonyl (C=O) groups excluding carboxylic acids is 2. The molecule has 0 aliphatic heterocycles. The van der Waals surface area contributed by atoms with Gasteiger partial charge in [0.05, 0.1) is 11.1 Å². The molecule has 3 aromatic carbocycles. The van der Waals surface area contributed by atoms with E-state index in [4.69, 9.17) is 20.9 Å². The van der Waals surface area contributed by atoms with Crippen LogP contribution in [0.25, 0.3) is 0 Å². The fourth-order valence-corrected chi connectivity index (χ4v) is 2.22. The number of hydrogen-bond donors (Lipinski definition) is 2. The standard InChI is InChI=1S/C20H16N2O4/c21-15-9-7-13(8-10-15)19(23)25-17-5-2-6-18(12-17)26-20(24)14-3-1-4-16(22)11-14/h1-12H,21-22H2. The van der Waals surface area contributed by atoms with Gasteiger partial charge in [-0.3, -0.25) is 0 Å². The molecule has 0 atom stereocenters. The third-order valence-corrected chi connectivity index (χ3v) is 3.50. The molecule has 3 rings (SSSR count). The van der Waals surface area contributed by atoms with E-state index in [9.17, 15) is 9.59 Å². The van der Waals surface area contributed by atoms with E-state index in [1.807, 2.05) is 0 Å². The molecule has 0 saturated heterocycles. The minimum atomic E-state index is -0.556. The fourth-order valence-electron chi connectivity index (χ4n) is 2.22. The number of carbonyl (C=O) groups is 2. The monoisotopic (exact) mass is 348 g/mol. The molecule has 130 valence electrons. The van der Waals surface area contributed by atoms with Gasteiger partial charge in [-0.15, -0.1) is 0 Å². The predicted octanol–water partition coefficient (Wildman–Crippen LogP) is 3.29. The first-order valence-electron chi connectivity index (χ1n) is 7.77. The number of anilines is 2. The van der Waals surface area contributed by atoms with Crippen LogP contribution in [0.3, 0.4) is 0 Å². The van der Waals surface area contributed by atoms with Crippen molar-refractivity contribution in [3.63, 3.8) is 0 Å². The van der Waals surface area contributed by atoms with Crippen LogP contribution in [0.2, 0.25) is 0 Å². The quantitative estimate of drug-likeness (QED) is 0.426. The molecule has 0 heterocycles. The molecule has 6 heteroatoms. The highest BCUT2D eigenvalue weighted by Crippen LogP contribution is 2.22. The molecule has 0 fully saturated rings. The first kappa shape index (κ1) is 17.0. The normalized spacial score (nSPS) is 10.2. The maximum absolute atomic E-state index is 12.2. The third kappa shape index (κ3) is 4.18. The Kier molecular flexibility index (Phi) is 4.85. The molecule has 0 radical (unpaired) electrons. The van der Waals surface area contributed by atoms with Crippen molar-refractivity contribution in [1.82, 2.24) is 0 Å². The van der Waals surface area contributed by atoms with Gasteiger partial charge < -0.3 is 20.9 Å². The average Bonchev–Trinajstić information content (AvgIpc) is 2.62. The van der Waals surface area contributed by atoms with Crippen LogP contribution in [0.1, 0.15) is 20.7 Å². The lowest BCUT2D eigenvalue weighted by Gasteiger charge is -2.08. The molecular formula is C20H16N2O4. The molecule has 0 spiro atoms. The number of nitrogens with two attached hydrogens (primary N) is 2. The molecule has 0 aliphatic carbocycles. The highest BCUT2D eigenvalue weighted by Gasteiger charge is 2.12. The third-order valence-electron chi connectivity index (χ3n) is 3.50. The zero-order valence-corrected chi connectivity index (χ0v) is 13.7. The molecular weight excluding hydrogens is 332 g/mol. The zero-order valence-electron chi connectivity index (χ0n) is 13.7. The van der Waals surface area contributed by atoms with Gasteiger partial charge in [-0.2, -0.15) is 0 Å². The second-order valence-corrected chi connectivity index (χ2v) is 5.50. The van der Waals surface area contributed by atoms with Crippen molar-refractivity contribution in [3.8, 4) is 11.5 Å². The summed E-state index contributed by atoms with van der Waals surface area (Å²) in [4.78, 5) is 24.3. The zero-order chi connectivity index (χ0) is 18.5. The summed E-state index contributed by atoms with van der Waals surface area (Å²) in [5.41, 5.74) is 13.0. The van der Waals surface area contributed by atoms with Crippen molar-refractivity contribution in [1.29, 1.82) is 0 Å². The van der Waals surface area contributed by atoms with Crippen LogP contribution < -0.4 is 20.9 Å². The number of ether oxygens (including phenoxy) is 2. The van der Waals surface area contributed by atoms with Gasteiger partial charge >= 0.3 is 11.9 Å². The maximum atomic E-state index is 12.2. The molecule has 0 saturated carbocycles. The Balaban J connectivity index is 1.71. The first-order chi connectivity index (χ1) is 12.5. The van der Waals surface area contributed by atoms with Gasteiger partial charge in [0.15, 0.2) is 0 Å². The van der Waals surface area contributed by atoms with E-state index in [0.717, 1.165) is 0 Å². The van der Waals surface area contributed by atoms with Crippen LogP contribution in [-0.4, -0.2) is 11.9 Å². The lowest BCUT2D eigenvalue weighted by molar-refractivity contribution is 0.0733. The van der Waals surface area contributed by atoms with E-state index < -0.39 is 11.9 Å². The molecule has 26 heavy (non-hydrogen) atoms. The summed E-state index contributed by atoms with van der Waals surface area (Å²) in [6.45, 7) is 0. The number of hydrogen-bond acceptors (Lipinski definition) is 6.